The molecule has 1 aliphatic rings. The van der Waals surface area contributed by atoms with Gasteiger partial charge in [-0.3, -0.25) is 9.89 Å². The van der Waals surface area contributed by atoms with Gasteiger partial charge >= 0.3 is 0 Å². The molecule has 3 heterocycles. The summed E-state index contributed by atoms with van der Waals surface area (Å²) in [6.07, 6.45) is 0. The van der Waals surface area contributed by atoms with Crippen LogP contribution in [0.3, 0.4) is 0 Å². The lowest BCUT2D eigenvalue weighted by molar-refractivity contribution is 0.171. The number of fused-ring (bicyclic) bond motifs is 2. The third-order valence-electron chi connectivity index (χ3n) is 5.92. The van der Waals surface area contributed by atoms with Crippen molar-refractivity contribution in [3.63, 3.8) is 0 Å². The van der Waals surface area contributed by atoms with E-state index in [-0.39, 0.29) is 5.56 Å². The van der Waals surface area contributed by atoms with E-state index in [1.165, 1.54) is 0 Å². The molecule has 0 saturated heterocycles. The van der Waals surface area contributed by atoms with Crippen LogP contribution < -0.4 is 15.0 Å². The predicted molar refractivity (Wildman–Crippen MR) is 128 cm³/mol. The zero-order chi connectivity index (χ0) is 22.4. The molecule has 0 aliphatic carbocycles. The van der Waals surface area contributed by atoms with E-state index in [2.05, 4.69) is 5.10 Å². The van der Waals surface area contributed by atoms with Crippen LogP contribution >= 0.6 is 0 Å². The second-order valence-corrected chi connectivity index (χ2v) is 7.99. The maximum atomic E-state index is 13.8. The highest BCUT2D eigenvalue weighted by atomic mass is 16.6. The molecule has 162 valence electrons. The standard InChI is InChI=1S/C27H21N3O3/c1-17-23(20-12-13-21-22(16-20)33-15-14-32-21)27(31)30-26(28-17)24(18-8-4-2-5-9-18)25(29-30)19-10-6-3-7-11-19/h2-13,16,29H,14-15H2,1H3. The van der Waals surface area contributed by atoms with Gasteiger partial charge in [-0.15, -0.1) is 0 Å². The molecule has 3 aromatic carbocycles. The monoisotopic (exact) mass is 435 g/mol. The molecule has 0 unspecified atom stereocenters. The Balaban J connectivity index is 1.63. The van der Waals surface area contributed by atoms with Gasteiger partial charge in [0.15, 0.2) is 17.1 Å². The Hall–Kier alpha value is -4.32. The number of rotatable bonds is 3. The number of hydrogen-bond donors (Lipinski definition) is 1. The molecule has 6 nitrogen and oxygen atoms in total. The van der Waals surface area contributed by atoms with Crippen molar-refractivity contribution in [2.75, 3.05) is 13.2 Å². The molecule has 5 aromatic rings. The van der Waals surface area contributed by atoms with Crippen molar-refractivity contribution < 1.29 is 9.47 Å². The second kappa shape index (κ2) is 7.67. The van der Waals surface area contributed by atoms with E-state index < -0.39 is 0 Å². The smallest absolute Gasteiger partial charge is 0.280 e. The van der Waals surface area contributed by atoms with Crippen LogP contribution in [0.15, 0.2) is 83.7 Å². The molecule has 0 spiro atoms. The van der Waals surface area contributed by atoms with Gasteiger partial charge < -0.3 is 9.47 Å². The number of aromatic nitrogens is 3. The number of H-pyrrole nitrogens is 1. The second-order valence-electron chi connectivity index (χ2n) is 7.99. The van der Waals surface area contributed by atoms with Crippen molar-refractivity contribution in [2.24, 2.45) is 0 Å². The third kappa shape index (κ3) is 3.19. The lowest BCUT2D eigenvalue weighted by atomic mass is 10.0. The van der Waals surface area contributed by atoms with Gasteiger partial charge in [0.25, 0.3) is 5.56 Å². The molecule has 0 saturated carbocycles. The van der Waals surface area contributed by atoms with Crippen LogP contribution in [0.5, 0.6) is 11.5 Å². The summed E-state index contributed by atoms with van der Waals surface area (Å²) < 4.78 is 12.9. The SMILES string of the molecule is Cc1nc2c(-c3ccccc3)c(-c3ccccc3)[nH]n2c(=O)c1-c1ccc2c(c1)OCCO2. The molecular formula is C27H21N3O3. The maximum absolute atomic E-state index is 13.8. The predicted octanol–water partition coefficient (Wildman–Crippen LogP) is 5.10. The van der Waals surface area contributed by atoms with Crippen molar-refractivity contribution in [3.8, 4) is 45.0 Å². The first kappa shape index (κ1) is 19.4. The van der Waals surface area contributed by atoms with Crippen molar-refractivity contribution in [1.29, 1.82) is 0 Å². The van der Waals surface area contributed by atoms with Crippen LogP contribution in [-0.4, -0.2) is 27.8 Å². The lowest BCUT2D eigenvalue weighted by Crippen LogP contribution is -2.19. The molecule has 6 rings (SSSR count). The Morgan fingerprint density at radius 1 is 0.788 bits per heavy atom. The first-order valence-corrected chi connectivity index (χ1v) is 10.9. The lowest BCUT2D eigenvalue weighted by Gasteiger charge is -2.19. The minimum absolute atomic E-state index is 0.159. The van der Waals surface area contributed by atoms with Crippen molar-refractivity contribution in [2.45, 2.75) is 6.92 Å². The van der Waals surface area contributed by atoms with Gasteiger partial charge in [-0.2, -0.15) is 4.52 Å². The van der Waals surface area contributed by atoms with Gasteiger partial charge in [0.05, 0.1) is 22.5 Å². The summed E-state index contributed by atoms with van der Waals surface area (Å²) in [7, 11) is 0. The number of hydrogen-bond acceptors (Lipinski definition) is 4. The van der Waals surface area contributed by atoms with Gasteiger partial charge in [-0.05, 0) is 30.2 Å². The fourth-order valence-electron chi connectivity index (χ4n) is 4.40. The quantitative estimate of drug-likeness (QED) is 0.428. The van der Waals surface area contributed by atoms with Gasteiger partial charge in [0, 0.05) is 5.56 Å². The van der Waals surface area contributed by atoms with Crippen LogP contribution in [0, 0.1) is 6.92 Å². The zero-order valence-electron chi connectivity index (χ0n) is 18.0. The Labute approximate surface area is 190 Å². The van der Waals surface area contributed by atoms with Gasteiger partial charge in [0.2, 0.25) is 0 Å². The molecule has 1 N–H and O–H groups in total. The molecule has 33 heavy (non-hydrogen) atoms. The molecule has 0 radical (unpaired) electrons. The molecule has 0 bridgehead atoms. The topological polar surface area (TPSA) is 68.6 Å². The van der Waals surface area contributed by atoms with E-state index in [9.17, 15) is 4.79 Å². The van der Waals surface area contributed by atoms with Crippen molar-refractivity contribution in [1.82, 2.24) is 14.6 Å². The highest BCUT2D eigenvalue weighted by molar-refractivity contribution is 5.91. The fraction of sp³-hybridized carbons (Fsp3) is 0.111. The minimum Gasteiger partial charge on any atom is -0.486 e. The Bertz CT molecular complexity index is 1540. The Kier molecular flexibility index (Phi) is 4.50. The van der Waals surface area contributed by atoms with E-state index in [1.807, 2.05) is 85.8 Å². The number of nitrogens with one attached hydrogen (secondary N) is 1. The van der Waals surface area contributed by atoms with Gasteiger partial charge in [0.1, 0.15) is 13.2 Å². The first-order chi connectivity index (χ1) is 16.2. The molecule has 0 atom stereocenters. The first-order valence-electron chi connectivity index (χ1n) is 10.9. The van der Waals surface area contributed by atoms with E-state index in [1.54, 1.807) is 4.52 Å². The number of aryl methyl sites for hydroxylation is 1. The summed E-state index contributed by atoms with van der Waals surface area (Å²) >= 11 is 0. The fourth-order valence-corrected chi connectivity index (χ4v) is 4.40. The van der Waals surface area contributed by atoms with Gasteiger partial charge in [-0.25, -0.2) is 4.98 Å². The van der Waals surface area contributed by atoms with Crippen LogP contribution in [-0.2, 0) is 0 Å². The average Bonchev–Trinajstić information content (AvgIpc) is 3.24. The van der Waals surface area contributed by atoms with E-state index >= 15 is 0 Å². The number of benzene rings is 3. The summed E-state index contributed by atoms with van der Waals surface area (Å²) in [5.41, 5.74) is 6.12. The highest BCUT2D eigenvalue weighted by Gasteiger charge is 2.22. The summed E-state index contributed by atoms with van der Waals surface area (Å²) in [5, 5.41) is 3.33. The van der Waals surface area contributed by atoms with E-state index in [4.69, 9.17) is 14.5 Å². The summed E-state index contributed by atoms with van der Waals surface area (Å²) in [6, 6.07) is 25.6. The summed E-state index contributed by atoms with van der Waals surface area (Å²) in [5.74, 6) is 1.33. The average molecular weight is 435 g/mol. The number of aromatic amines is 1. The van der Waals surface area contributed by atoms with E-state index in [0.717, 1.165) is 27.9 Å². The van der Waals surface area contributed by atoms with Crippen LogP contribution in [0.4, 0.5) is 0 Å². The normalized spacial score (nSPS) is 12.8. The largest absolute Gasteiger partial charge is 0.486 e. The number of ether oxygens (including phenoxy) is 2. The molecule has 2 aromatic heterocycles. The highest BCUT2D eigenvalue weighted by Crippen LogP contribution is 2.37. The molecule has 1 aliphatic heterocycles. The maximum Gasteiger partial charge on any atom is 0.280 e. The Morgan fingerprint density at radius 3 is 2.18 bits per heavy atom. The van der Waals surface area contributed by atoms with Crippen LogP contribution in [0.2, 0.25) is 0 Å². The zero-order valence-corrected chi connectivity index (χ0v) is 18.0. The van der Waals surface area contributed by atoms with Gasteiger partial charge in [-0.1, -0.05) is 66.7 Å². The third-order valence-corrected chi connectivity index (χ3v) is 5.92. The molecule has 0 amide bonds. The molecule has 6 heteroatoms. The van der Waals surface area contributed by atoms with E-state index in [0.29, 0.717) is 41.6 Å². The summed E-state index contributed by atoms with van der Waals surface area (Å²) in [4.78, 5) is 18.7. The number of nitrogens with zero attached hydrogens (tertiary/aromatic N) is 2. The van der Waals surface area contributed by atoms with Crippen molar-refractivity contribution in [3.05, 3.63) is 94.9 Å². The van der Waals surface area contributed by atoms with Crippen molar-refractivity contribution >= 4 is 5.65 Å². The van der Waals surface area contributed by atoms with Crippen LogP contribution in [0.25, 0.3) is 39.2 Å². The summed E-state index contributed by atoms with van der Waals surface area (Å²) in [6.45, 7) is 2.88. The minimum atomic E-state index is -0.159. The molecular weight excluding hydrogens is 414 g/mol. The van der Waals surface area contributed by atoms with Crippen LogP contribution in [0.1, 0.15) is 5.69 Å². The Morgan fingerprint density at radius 2 is 1.45 bits per heavy atom. The molecule has 0 fully saturated rings.